The van der Waals surface area contributed by atoms with Crippen molar-refractivity contribution in [3.8, 4) is 0 Å². The maximum Gasteiger partial charge on any atom is 0.222 e. The molecular weight excluding hydrogens is 264 g/mol. The number of pyridine rings is 1. The monoisotopic (exact) mass is 282 g/mol. The summed E-state index contributed by atoms with van der Waals surface area (Å²) in [7, 11) is -1.26. The van der Waals surface area contributed by atoms with Gasteiger partial charge in [-0.15, -0.1) is 0 Å². The van der Waals surface area contributed by atoms with Crippen molar-refractivity contribution in [1.29, 1.82) is 0 Å². The fraction of sp³-hybridized carbons (Fsp3) is 0.538. The summed E-state index contributed by atoms with van der Waals surface area (Å²) in [6.45, 7) is 0. The molecule has 2 heterocycles. The lowest BCUT2D eigenvalue weighted by Gasteiger charge is -2.23. The molecule has 0 aromatic carbocycles. The van der Waals surface area contributed by atoms with Gasteiger partial charge in [-0.25, -0.2) is 8.42 Å². The van der Waals surface area contributed by atoms with Gasteiger partial charge >= 0.3 is 0 Å². The Bertz CT molecular complexity index is 542. The minimum Gasteiger partial charge on any atom is -0.342 e. The van der Waals surface area contributed by atoms with Gasteiger partial charge in [-0.1, -0.05) is 6.07 Å². The largest absolute Gasteiger partial charge is 0.342 e. The molecule has 1 saturated heterocycles. The van der Waals surface area contributed by atoms with Crippen molar-refractivity contribution < 1.29 is 13.2 Å². The highest BCUT2D eigenvalue weighted by atomic mass is 32.2. The molecule has 0 N–H and O–H groups in total. The van der Waals surface area contributed by atoms with E-state index >= 15 is 0 Å². The van der Waals surface area contributed by atoms with Crippen molar-refractivity contribution in [3.05, 3.63) is 30.1 Å². The average molecular weight is 282 g/mol. The molecule has 1 atom stereocenters. The highest BCUT2D eigenvalue weighted by Crippen LogP contribution is 2.17. The third-order valence-electron chi connectivity index (χ3n) is 3.47. The number of hydrogen-bond acceptors (Lipinski definition) is 4. The molecule has 1 aliphatic heterocycles. The summed E-state index contributed by atoms with van der Waals surface area (Å²) in [4.78, 5) is 17.8. The maximum atomic E-state index is 12.0. The number of hydrogen-bond donors (Lipinski definition) is 0. The predicted octanol–water partition coefficient (Wildman–Crippen LogP) is 0.660. The molecule has 0 aliphatic carbocycles. The number of nitrogens with zero attached hydrogens (tertiary/aromatic N) is 2. The van der Waals surface area contributed by atoms with E-state index in [1.54, 1.807) is 18.1 Å². The molecule has 1 fully saturated rings. The molecule has 6 heteroatoms. The topological polar surface area (TPSA) is 67.3 Å². The summed E-state index contributed by atoms with van der Waals surface area (Å²) in [5.74, 6) is 0.265. The summed E-state index contributed by atoms with van der Waals surface area (Å²) in [5.41, 5.74) is 0.878. The van der Waals surface area contributed by atoms with Crippen LogP contribution in [0.3, 0.4) is 0 Å². The zero-order valence-electron chi connectivity index (χ0n) is 10.9. The van der Waals surface area contributed by atoms with Crippen LogP contribution in [0.5, 0.6) is 0 Å². The molecule has 1 aliphatic rings. The fourth-order valence-corrected chi connectivity index (χ4v) is 4.02. The lowest BCUT2D eigenvalue weighted by Crippen LogP contribution is -2.37. The smallest absolute Gasteiger partial charge is 0.222 e. The minimum atomic E-state index is -2.95. The summed E-state index contributed by atoms with van der Waals surface area (Å²) < 4.78 is 22.8. The van der Waals surface area contributed by atoms with Crippen molar-refractivity contribution in [1.82, 2.24) is 9.88 Å². The van der Waals surface area contributed by atoms with Gasteiger partial charge in [0.15, 0.2) is 9.84 Å². The van der Waals surface area contributed by atoms with Gasteiger partial charge in [-0.3, -0.25) is 9.78 Å². The molecule has 104 valence electrons. The number of aromatic nitrogens is 1. The van der Waals surface area contributed by atoms with Gasteiger partial charge in [-0.2, -0.15) is 0 Å². The lowest BCUT2D eigenvalue weighted by atomic mass is 10.1. The van der Waals surface area contributed by atoms with Crippen molar-refractivity contribution >= 4 is 15.7 Å². The standard InChI is InChI=1S/C13H18N2O3S/c1-15(12-7-9-19(17,18)10-12)13(16)6-5-11-4-2-3-8-14-11/h2-4,8,12H,5-7,9-10H2,1H3. The van der Waals surface area contributed by atoms with Crippen LogP contribution in [-0.4, -0.2) is 48.8 Å². The Hall–Kier alpha value is -1.43. The van der Waals surface area contributed by atoms with Crippen LogP contribution in [0, 0.1) is 0 Å². The van der Waals surface area contributed by atoms with Gasteiger partial charge in [0.2, 0.25) is 5.91 Å². The quantitative estimate of drug-likeness (QED) is 0.813. The molecule has 0 bridgehead atoms. The Balaban J connectivity index is 1.87. The van der Waals surface area contributed by atoms with Crippen molar-refractivity contribution in [2.24, 2.45) is 0 Å². The molecule has 2 rings (SSSR count). The second-order valence-electron chi connectivity index (χ2n) is 4.88. The molecular formula is C13H18N2O3S. The number of rotatable bonds is 4. The molecule has 1 aromatic rings. The second-order valence-corrected chi connectivity index (χ2v) is 7.11. The Kier molecular flexibility index (Phi) is 4.19. The number of amides is 1. The van der Waals surface area contributed by atoms with Crippen LogP contribution in [0.2, 0.25) is 0 Å². The first-order chi connectivity index (χ1) is 8.98. The van der Waals surface area contributed by atoms with E-state index in [9.17, 15) is 13.2 Å². The van der Waals surface area contributed by atoms with Crippen LogP contribution in [-0.2, 0) is 21.1 Å². The van der Waals surface area contributed by atoms with Gasteiger partial charge in [-0.05, 0) is 25.0 Å². The average Bonchev–Trinajstić information content (AvgIpc) is 2.76. The Morgan fingerprint density at radius 1 is 1.47 bits per heavy atom. The molecule has 5 nitrogen and oxygen atoms in total. The number of aryl methyl sites for hydroxylation is 1. The normalized spacial score (nSPS) is 21.2. The van der Waals surface area contributed by atoms with E-state index < -0.39 is 9.84 Å². The molecule has 1 amide bonds. The van der Waals surface area contributed by atoms with E-state index in [0.717, 1.165) is 5.69 Å². The van der Waals surface area contributed by atoms with Crippen LogP contribution < -0.4 is 0 Å². The highest BCUT2D eigenvalue weighted by molar-refractivity contribution is 7.91. The summed E-state index contributed by atoms with van der Waals surface area (Å²) >= 11 is 0. The first-order valence-electron chi connectivity index (χ1n) is 6.34. The Labute approximate surface area is 113 Å². The minimum absolute atomic E-state index is 0.0206. The highest BCUT2D eigenvalue weighted by Gasteiger charge is 2.32. The molecule has 1 unspecified atom stereocenters. The molecule has 0 spiro atoms. The molecule has 1 aromatic heterocycles. The zero-order valence-corrected chi connectivity index (χ0v) is 11.8. The lowest BCUT2D eigenvalue weighted by molar-refractivity contribution is -0.131. The van der Waals surface area contributed by atoms with Gasteiger partial charge < -0.3 is 4.90 Å². The Morgan fingerprint density at radius 3 is 2.84 bits per heavy atom. The third kappa shape index (κ3) is 3.76. The third-order valence-corrected chi connectivity index (χ3v) is 5.22. The Morgan fingerprint density at radius 2 is 2.26 bits per heavy atom. The second kappa shape index (κ2) is 5.69. The number of carbonyl (C=O) groups is 1. The van der Waals surface area contributed by atoms with Crippen LogP contribution in [0.1, 0.15) is 18.5 Å². The number of carbonyl (C=O) groups excluding carboxylic acids is 1. The van der Waals surface area contributed by atoms with Gasteiger partial charge in [0.1, 0.15) is 0 Å². The van der Waals surface area contributed by atoms with Crippen molar-refractivity contribution in [2.45, 2.75) is 25.3 Å². The predicted molar refractivity (Wildman–Crippen MR) is 72.4 cm³/mol. The molecule has 0 radical (unpaired) electrons. The first kappa shape index (κ1) is 14.0. The van der Waals surface area contributed by atoms with Gasteiger partial charge in [0, 0.05) is 31.4 Å². The van der Waals surface area contributed by atoms with E-state index in [2.05, 4.69) is 4.98 Å². The number of sulfone groups is 1. The van der Waals surface area contributed by atoms with E-state index in [0.29, 0.717) is 19.3 Å². The van der Waals surface area contributed by atoms with E-state index in [-0.39, 0.29) is 23.5 Å². The molecule has 0 saturated carbocycles. The van der Waals surface area contributed by atoms with Crippen LogP contribution in [0.4, 0.5) is 0 Å². The van der Waals surface area contributed by atoms with Gasteiger partial charge in [0.05, 0.1) is 11.5 Å². The summed E-state index contributed by atoms with van der Waals surface area (Å²) in [6, 6.07) is 5.44. The maximum absolute atomic E-state index is 12.0. The van der Waals surface area contributed by atoms with Crippen LogP contribution in [0.15, 0.2) is 24.4 Å². The first-order valence-corrected chi connectivity index (χ1v) is 8.16. The molecule has 19 heavy (non-hydrogen) atoms. The van der Waals surface area contributed by atoms with Gasteiger partial charge in [0.25, 0.3) is 0 Å². The summed E-state index contributed by atoms with van der Waals surface area (Å²) in [5, 5.41) is 0. The van der Waals surface area contributed by atoms with E-state index in [1.165, 1.54) is 0 Å². The van der Waals surface area contributed by atoms with Crippen LogP contribution >= 0.6 is 0 Å². The zero-order chi connectivity index (χ0) is 13.9. The van der Waals surface area contributed by atoms with Crippen molar-refractivity contribution in [2.75, 3.05) is 18.6 Å². The van der Waals surface area contributed by atoms with E-state index in [1.807, 2.05) is 18.2 Å². The SMILES string of the molecule is CN(C(=O)CCc1ccccn1)C1CCS(=O)(=O)C1. The van der Waals surface area contributed by atoms with Crippen LogP contribution in [0.25, 0.3) is 0 Å². The van der Waals surface area contributed by atoms with E-state index in [4.69, 9.17) is 0 Å². The summed E-state index contributed by atoms with van der Waals surface area (Å²) in [6.07, 6.45) is 3.20. The van der Waals surface area contributed by atoms with Crippen molar-refractivity contribution in [3.63, 3.8) is 0 Å². The fourth-order valence-electron chi connectivity index (χ4n) is 2.24.